The average molecular weight is 322 g/mol. The maximum atomic E-state index is 12.5. The first-order valence-electron chi connectivity index (χ1n) is 8.58. The molecule has 1 amide bonds. The zero-order valence-electron chi connectivity index (χ0n) is 15.2. The van der Waals surface area contributed by atoms with Crippen molar-refractivity contribution in [2.24, 2.45) is 0 Å². The number of hydrogen-bond acceptors (Lipinski definition) is 2. The molecule has 0 unspecified atom stereocenters. The molecule has 2 aromatic carbocycles. The fourth-order valence-electron chi connectivity index (χ4n) is 3.43. The standard InChI is InChI=1S/C21H26N2O/c1-14(2)23-19-11-10-17(22-16-8-6-15(3)7-9-16)12-18(19)21(4,5)13-20(23)24/h6-12,14,22H,13H2,1-5H3. The molecule has 0 spiro atoms. The van der Waals surface area contributed by atoms with E-state index in [4.69, 9.17) is 0 Å². The highest BCUT2D eigenvalue weighted by Gasteiger charge is 2.37. The maximum absolute atomic E-state index is 12.5. The van der Waals surface area contributed by atoms with Gasteiger partial charge in [0.1, 0.15) is 0 Å². The van der Waals surface area contributed by atoms with Crippen LogP contribution in [-0.4, -0.2) is 11.9 Å². The number of fused-ring (bicyclic) bond motifs is 1. The van der Waals surface area contributed by atoms with E-state index in [9.17, 15) is 4.79 Å². The molecule has 0 saturated carbocycles. The van der Waals surface area contributed by atoms with Gasteiger partial charge < -0.3 is 10.2 Å². The first-order chi connectivity index (χ1) is 11.3. The van der Waals surface area contributed by atoms with Gasteiger partial charge in [0, 0.05) is 34.9 Å². The number of rotatable bonds is 3. The molecule has 3 rings (SSSR count). The van der Waals surface area contributed by atoms with Crippen LogP contribution in [0.5, 0.6) is 0 Å². The lowest BCUT2D eigenvalue weighted by atomic mass is 9.76. The Balaban J connectivity index is 1.99. The Morgan fingerprint density at radius 1 is 1.04 bits per heavy atom. The number of carbonyl (C=O) groups is 1. The van der Waals surface area contributed by atoms with Crippen LogP contribution in [0.3, 0.4) is 0 Å². The Morgan fingerprint density at radius 2 is 1.67 bits per heavy atom. The molecule has 1 N–H and O–H groups in total. The second kappa shape index (κ2) is 5.97. The van der Waals surface area contributed by atoms with Gasteiger partial charge >= 0.3 is 0 Å². The molecule has 3 nitrogen and oxygen atoms in total. The highest BCUT2D eigenvalue weighted by Crippen LogP contribution is 2.42. The SMILES string of the molecule is Cc1ccc(Nc2ccc3c(c2)C(C)(C)CC(=O)N3C(C)C)cc1. The van der Waals surface area contributed by atoms with E-state index < -0.39 is 0 Å². The van der Waals surface area contributed by atoms with Crippen molar-refractivity contribution < 1.29 is 4.79 Å². The number of amides is 1. The highest BCUT2D eigenvalue weighted by molar-refractivity contribution is 5.98. The number of anilines is 3. The van der Waals surface area contributed by atoms with Crippen molar-refractivity contribution in [3.05, 3.63) is 53.6 Å². The summed E-state index contributed by atoms with van der Waals surface area (Å²) in [6.45, 7) is 10.5. The summed E-state index contributed by atoms with van der Waals surface area (Å²) in [7, 11) is 0. The molecule has 1 heterocycles. The zero-order chi connectivity index (χ0) is 17.5. The summed E-state index contributed by atoms with van der Waals surface area (Å²) in [5.74, 6) is 0.210. The predicted molar refractivity (Wildman–Crippen MR) is 101 cm³/mol. The second-order valence-corrected chi connectivity index (χ2v) is 7.64. The van der Waals surface area contributed by atoms with E-state index in [-0.39, 0.29) is 17.4 Å². The van der Waals surface area contributed by atoms with E-state index in [0.717, 1.165) is 17.1 Å². The van der Waals surface area contributed by atoms with Crippen molar-refractivity contribution in [3.63, 3.8) is 0 Å². The predicted octanol–water partition coefficient (Wildman–Crippen LogP) is 5.16. The van der Waals surface area contributed by atoms with Crippen molar-refractivity contribution in [1.82, 2.24) is 0 Å². The minimum atomic E-state index is -0.150. The van der Waals surface area contributed by atoms with Crippen molar-refractivity contribution in [2.75, 3.05) is 10.2 Å². The molecular formula is C21H26N2O. The Labute approximate surface area is 144 Å². The van der Waals surface area contributed by atoms with Crippen LogP contribution in [0.1, 0.15) is 45.2 Å². The third kappa shape index (κ3) is 3.03. The third-order valence-corrected chi connectivity index (χ3v) is 4.70. The zero-order valence-corrected chi connectivity index (χ0v) is 15.2. The second-order valence-electron chi connectivity index (χ2n) is 7.64. The van der Waals surface area contributed by atoms with Gasteiger partial charge in [-0.2, -0.15) is 0 Å². The molecule has 0 radical (unpaired) electrons. The Morgan fingerprint density at radius 3 is 2.29 bits per heavy atom. The topological polar surface area (TPSA) is 32.3 Å². The summed E-state index contributed by atoms with van der Waals surface area (Å²) < 4.78 is 0. The largest absolute Gasteiger partial charge is 0.356 e. The Bertz CT molecular complexity index is 760. The number of hydrogen-bond donors (Lipinski definition) is 1. The molecular weight excluding hydrogens is 296 g/mol. The van der Waals surface area contributed by atoms with Gasteiger partial charge in [0.25, 0.3) is 0 Å². The minimum Gasteiger partial charge on any atom is -0.356 e. The summed E-state index contributed by atoms with van der Waals surface area (Å²) in [4.78, 5) is 14.5. The number of benzene rings is 2. The summed E-state index contributed by atoms with van der Waals surface area (Å²) >= 11 is 0. The van der Waals surface area contributed by atoms with Gasteiger partial charge in [-0.1, -0.05) is 31.5 Å². The summed E-state index contributed by atoms with van der Waals surface area (Å²) in [6.07, 6.45) is 0.548. The van der Waals surface area contributed by atoms with E-state index in [0.29, 0.717) is 6.42 Å². The number of aryl methyl sites for hydroxylation is 1. The smallest absolute Gasteiger partial charge is 0.228 e. The summed E-state index contributed by atoms with van der Waals surface area (Å²) in [6, 6.07) is 14.9. The third-order valence-electron chi connectivity index (χ3n) is 4.70. The van der Waals surface area contributed by atoms with Crippen LogP contribution in [0, 0.1) is 6.92 Å². The number of nitrogens with one attached hydrogen (secondary N) is 1. The monoisotopic (exact) mass is 322 g/mol. The fraction of sp³-hybridized carbons (Fsp3) is 0.381. The van der Waals surface area contributed by atoms with E-state index in [2.05, 4.69) is 82.4 Å². The van der Waals surface area contributed by atoms with Crippen LogP contribution >= 0.6 is 0 Å². The Hall–Kier alpha value is -2.29. The number of nitrogens with zero attached hydrogens (tertiary/aromatic N) is 1. The van der Waals surface area contributed by atoms with Crippen LogP contribution in [0.15, 0.2) is 42.5 Å². The van der Waals surface area contributed by atoms with Crippen molar-refractivity contribution in [1.29, 1.82) is 0 Å². The van der Waals surface area contributed by atoms with Crippen LogP contribution in [0.25, 0.3) is 0 Å². The van der Waals surface area contributed by atoms with Gasteiger partial charge in [0.05, 0.1) is 0 Å². The highest BCUT2D eigenvalue weighted by atomic mass is 16.2. The molecule has 0 aromatic heterocycles. The molecule has 0 saturated heterocycles. The summed E-state index contributed by atoms with van der Waals surface area (Å²) in [5, 5.41) is 3.47. The maximum Gasteiger partial charge on any atom is 0.228 e. The lowest BCUT2D eigenvalue weighted by Crippen LogP contribution is -2.45. The molecule has 0 atom stereocenters. The van der Waals surface area contributed by atoms with Gasteiger partial charge in [-0.3, -0.25) is 4.79 Å². The van der Waals surface area contributed by atoms with Crippen molar-refractivity contribution in [3.8, 4) is 0 Å². The van der Waals surface area contributed by atoms with Crippen molar-refractivity contribution >= 4 is 23.0 Å². The molecule has 126 valence electrons. The normalized spacial score (nSPS) is 16.2. The molecule has 3 heteroatoms. The van der Waals surface area contributed by atoms with Crippen LogP contribution < -0.4 is 10.2 Å². The van der Waals surface area contributed by atoms with Crippen LogP contribution in [0.4, 0.5) is 17.1 Å². The van der Waals surface area contributed by atoms with Gasteiger partial charge in [-0.05, 0) is 56.7 Å². The molecule has 0 bridgehead atoms. The quantitative estimate of drug-likeness (QED) is 0.846. The average Bonchev–Trinajstić information content (AvgIpc) is 2.49. The van der Waals surface area contributed by atoms with E-state index in [1.54, 1.807) is 0 Å². The van der Waals surface area contributed by atoms with E-state index in [1.807, 2.05) is 4.90 Å². The molecule has 24 heavy (non-hydrogen) atoms. The van der Waals surface area contributed by atoms with Gasteiger partial charge in [0.2, 0.25) is 5.91 Å². The molecule has 0 fully saturated rings. The minimum absolute atomic E-state index is 0.150. The first kappa shape index (κ1) is 16.6. The van der Waals surface area contributed by atoms with Crippen LogP contribution in [-0.2, 0) is 10.2 Å². The van der Waals surface area contributed by atoms with Gasteiger partial charge in [-0.25, -0.2) is 0 Å². The first-order valence-corrected chi connectivity index (χ1v) is 8.58. The number of carbonyl (C=O) groups excluding carboxylic acids is 1. The van der Waals surface area contributed by atoms with Crippen molar-refractivity contribution in [2.45, 2.75) is 52.5 Å². The molecule has 1 aliphatic heterocycles. The van der Waals surface area contributed by atoms with E-state index >= 15 is 0 Å². The molecule has 2 aromatic rings. The molecule has 0 aliphatic carbocycles. The Kier molecular flexibility index (Phi) is 4.12. The van der Waals surface area contributed by atoms with Crippen LogP contribution in [0.2, 0.25) is 0 Å². The molecule has 1 aliphatic rings. The fourth-order valence-corrected chi connectivity index (χ4v) is 3.43. The summed E-state index contributed by atoms with van der Waals surface area (Å²) in [5.41, 5.74) is 5.50. The lowest BCUT2D eigenvalue weighted by Gasteiger charge is -2.40. The van der Waals surface area contributed by atoms with Gasteiger partial charge in [-0.15, -0.1) is 0 Å². The van der Waals surface area contributed by atoms with E-state index in [1.165, 1.54) is 11.1 Å². The lowest BCUT2D eigenvalue weighted by molar-refractivity contribution is -0.120. The van der Waals surface area contributed by atoms with Gasteiger partial charge in [0.15, 0.2) is 0 Å².